The highest BCUT2D eigenvalue weighted by atomic mass is 28.3. The van der Waals surface area contributed by atoms with Gasteiger partial charge in [0, 0.05) is 8.07 Å². The van der Waals surface area contributed by atoms with Crippen molar-refractivity contribution in [1.82, 2.24) is 0 Å². The Morgan fingerprint density at radius 3 is 2.45 bits per heavy atom. The smallest absolute Gasteiger partial charge is 0.0448 e. The zero-order valence-electron chi connectivity index (χ0n) is 8.11. The van der Waals surface area contributed by atoms with Crippen LogP contribution in [0.2, 0.25) is 25.7 Å². The summed E-state index contributed by atoms with van der Waals surface area (Å²) in [5.74, 6) is 0.890. The highest BCUT2D eigenvalue weighted by Crippen LogP contribution is 2.35. The van der Waals surface area contributed by atoms with Gasteiger partial charge in [-0.05, 0) is 25.2 Å². The lowest BCUT2D eigenvalue weighted by Crippen LogP contribution is -2.23. The summed E-state index contributed by atoms with van der Waals surface area (Å²) in [7, 11) is -0.825. The lowest BCUT2D eigenvalue weighted by molar-refractivity contribution is 0.685. The summed E-state index contributed by atoms with van der Waals surface area (Å²) >= 11 is 0. The second-order valence-corrected chi connectivity index (χ2v) is 10.5. The highest BCUT2D eigenvalue weighted by Gasteiger charge is 2.25. The van der Waals surface area contributed by atoms with Gasteiger partial charge in [-0.2, -0.15) is 0 Å². The van der Waals surface area contributed by atoms with Crippen molar-refractivity contribution in [3.05, 3.63) is 12.2 Å². The van der Waals surface area contributed by atoms with E-state index in [9.17, 15) is 0 Å². The van der Waals surface area contributed by atoms with Crippen LogP contribution in [0.15, 0.2) is 12.2 Å². The van der Waals surface area contributed by atoms with Crippen LogP contribution in [0.5, 0.6) is 0 Å². The van der Waals surface area contributed by atoms with E-state index in [1.807, 2.05) is 0 Å². The number of rotatable bonds is 2. The molecule has 0 aromatic carbocycles. The maximum atomic E-state index is 4.14. The predicted octanol–water partition coefficient (Wildman–Crippen LogP) is 3.68. The standard InChI is InChI=1S/C10H20Si/c1-9-6-5-7-10(9)8-11(2,3)4/h10H,1,5-8H2,2-4H3/t10-/m1/s1. The molecule has 0 N–H and O–H groups in total. The SMILES string of the molecule is C=C1CCC[C@@H]1C[Si](C)(C)C. The Balaban J connectivity index is 2.43. The fourth-order valence-electron chi connectivity index (χ4n) is 1.97. The second-order valence-electron chi connectivity index (χ2n) is 5.01. The van der Waals surface area contributed by atoms with Crippen molar-refractivity contribution >= 4 is 8.07 Å². The minimum atomic E-state index is -0.825. The molecule has 64 valence electrons. The molecule has 0 aliphatic heterocycles. The molecule has 1 atom stereocenters. The minimum Gasteiger partial charge on any atom is -0.0996 e. The molecule has 0 saturated heterocycles. The van der Waals surface area contributed by atoms with Crippen LogP contribution in [0, 0.1) is 5.92 Å². The molecule has 0 aromatic rings. The van der Waals surface area contributed by atoms with Crippen molar-refractivity contribution in [3.8, 4) is 0 Å². The van der Waals surface area contributed by atoms with Crippen LogP contribution in [0.1, 0.15) is 19.3 Å². The van der Waals surface area contributed by atoms with Crippen molar-refractivity contribution in [3.63, 3.8) is 0 Å². The van der Waals surface area contributed by atoms with Gasteiger partial charge < -0.3 is 0 Å². The molecule has 11 heavy (non-hydrogen) atoms. The van der Waals surface area contributed by atoms with Gasteiger partial charge in [-0.15, -0.1) is 0 Å². The van der Waals surface area contributed by atoms with E-state index in [0.29, 0.717) is 0 Å². The average Bonchev–Trinajstić information content (AvgIpc) is 2.12. The molecule has 1 rings (SSSR count). The molecule has 1 fully saturated rings. The van der Waals surface area contributed by atoms with E-state index in [1.165, 1.54) is 30.9 Å². The third kappa shape index (κ3) is 2.82. The van der Waals surface area contributed by atoms with Crippen molar-refractivity contribution < 1.29 is 0 Å². The van der Waals surface area contributed by atoms with Crippen molar-refractivity contribution in [2.24, 2.45) is 5.92 Å². The summed E-state index contributed by atoms with van der Waals surface area (Å²) in [6.07, 6.45) is 4.12. The highest BCUT2D eigenvalue weighted by molar-refractivity contribution is 6.76. The Morgan fingerprint density at radius 1 is 1.45 bits per heavy atom. The van der Waals surface area contributed by atoms with E-state index in [2.05, 4.69) is 26.2 Å². The molecule has 1 saturated carbocycles. The van der Waals surface area contributed by atoms with Crippen LogP contribution in [0.3, 0.4) is 0 Å². The lowest BCUT2D eigenvalue weighted by Gasteiger charge is -2.21. The summed E-state index contributed by atoms with van der Waals surface area (Å²) < 4.78 is 0. The van der Waals surface area contributed by atoms with E-state index in [0.717, 1.165) is 5.92 Å². The summed E-state index contributed by atoms with van der Waals surface area (Å²) in [4.78, 5) is 0. The molecule has 0 bridgehead atoms. The first-order valence-corrected chi connectivity index (χ1v) is 8.37. The van der Waals surface area contributed by atoms with Crippen molar-refractivity contribution in [2.45, 2.75) is 44.9 Å². The number of hydrogen-bond acceptors (Lipinski definition) is 0. The molecule has 0 radical (unpaired) electrons. The van der Waals surface area contributed by atoms with Crippen LogP contribution < -0.4 is 0 Å². The Bertz CT molecular complexity index is 153. The van der Waals surface area contributed by atoms with Crippen molar-refractivity contribution in [1.29, 1.82) is 0 Å². The van der Waals surface area contributed by atoms with Crippen LogP contribution in [0.25, 0.3) is 0 Å². The molecule has 0 unspecified atom stereocenters. The molecule has 0 heterocycles. The van der Waals surface area contributed by atoms with Gasteiger partial charge in [0.25, 0.3) is 0 Å². The van der Waals surface area contributed by atoms with Gasteiger partial charge in [0.1, 0.15) is 0 Å². The Kier molecular flexibility index (Phi) is 2.58. The number of allylic oxidation sites excluding steroid dienone is 1. The Morgan fingerprint density at radius 2 is 2.09 bits per heavy atom. The monoisotopic (exact) mass is 168 g/mol. The molecule has 0 spiro atoms. The number of hydrogen-bond donors (Lipinski definition) is 0. The van der Waals surface area contributed by atoms with Crippen molar-refractivity contribution in [2.75, 3.05) is 0 Å². The van der Waals surface area contributed by atoms with E-state index >= 15 is 0 Å². The molecule has 1 aliphatic carbocycles. The van der Waals surface area contributed by atoms with Crippen LogP contribution in [0.4, 0.5) is 0 Å². The quantitative estimate of drug-likeness (QED) is 0.436. The first kappa shape index (κ1) is 9.05. The van der Waals surface area contributed by atoms with Crippen LogP contribution >= 0.6 is 0 Å². The average molecular weight is 168 g/mol. The summed E-state index contributed by atoms with van der Waals surface area (Å²) in [6.45, 7) is 11.5. The summed E-state index contributed by atoms with van der Waals surface area (Å²) in [5.41, 5.74) is 1.53. The van der Waals surface area contributed by atoms with E-state index in [1.54, 1.807) is 0 Å². The van der Waals surface area contributed by atoms with Crippen LogP contribution in [-0.4, -0.2) is 8.07 Å². The first-order valence-electron chi connectivity index (χ1n) is 4.67. The molecule has 1 aliphatic rings. The van der Waals surface area contributed by atoms with Gasteiger partial charge in [-0.3, -0.25) is 0 Å². The largest absolute Gasteiger partial charge is 0.0996 e. The van der Waals surface area contributed by atoms with E-state index in [4.69, 9.17) is 0 Å². The zero-order valence-corrected chi connectivity index (χ0v) is 9.11. The first-order chi connectivity index (χ1) is 4.99. The molecule has 0 nitrogen and oxygen atoms in total. The maximum Gasteiger partial charge on any atom is 0.0448 e. The molecular formula is C10H20Si. The zero-order chi connectivity index (χ0) is 8.48. The third-order valence-corrected chi connectivity index (χ3v) is 4.20. The van der Waals surface area contributed by atoms with Gasteiger partial charge in [0.15, 0.2) is 0 Å². The molecule has 0 amide bonds. The molecule has 1 heteroatoms. The Hall–Kier alpha value is -0.0431. The minimum absolute atomic E-state index is 0.825. The third-order valence-electron chi connectivity index (χ3n) is 2.49. The molecule has 0 aromatic heterocycles. The van der Waals surface area contributed by atoms with Gasteiger partial charge in [0.05, 0.1) is 0 Å². The van der Waals surface area contributed by atoms with Gasteiger partial charge in [-0.25, -0.2) is 0 Å². The summed E-state index contributed by atoms with van der Waals surface area (Å²) in [6, 6.07) is 1.46. The fraction of sp³-hybridized carbons (Fsp3) is 0.800. The van der Waals surface area contributed by atoms with E-state index in [-0.39, 0.29) is 0 Å². The second kappa shape index (κ2) is 3.14. The van der Waals surface area contributed by atoms with Crippen LogP contribution in [-0.2, 0) is 0 Å². The fourth-order valence-corrected chi connectivity index (χ4v) is 3.94. The topological polar surface area (TPSA) is 0 Å². The van der Waals surface area contributed by atoms with E-state index < -0.39 is 8.07 Å². The van der Waals surface area contributed by atoms with Gasteiger partial charge >= 0.3 is 0 Å². The predicted molar refractivity (Wildman–Crippen MR) is 54.6 cm³/mol. The van der Waals surface area contributed by atoms with Gasteiger partial charge in [-0.1, -0.05) is 37.8 Å². The van der Waals surface area contributed by atoms with Gasteiger partial charge in [0.2, 0.25) is 0 Å². The summed E-state index contributed by atoms with van der Waals surface area (Å²) in [5, 5.41) is 0. The maximum absolute atomic E-state index is 4.14. The normalized spacial score (nSPS) is 26.1. The Labute approximate surface area is 71.7 Å². The molecular weight excluding hydrogens is 148 g/mol. The lowest BCUT2D eigenvalue weighted by atomic mass is 10.1.